The molecule has 0 spiro atoms. The van der Waals surface area contributed by atoms with Crippen LogP contribution in [0.3, 0.4) is 0 Å². The van der Waals surface area contributed by atoms with Gasteiger partial charge in [0.05, 0.1) is 0 Å². The number of hydrogen-bond donors (Lipinski definition) is 1. The van der Waals surface area contributed by atoms with Crippen LogP contribution >= 0.6 is 0 Å². The second kappa shape index (κ2) is 5.00. The van der Waals surface area contributed by atoms with Gasteiger partial charge in [0.15, 0.2) is 11.5 Å². The third-order valence-corrected chi connectivity index (χ3v) is 5.14. The third-order valence-electron chi connectivity index (χ3n) is 5.14. The van der Waals surface area contributed by atoms with Crippen molar-refractivity contribution >= 4 is 11.5 Å². The second-order valence-corrected chi connectivity index (χ2v) is 6.93. The Kier molecular flexibility index (Phi) is 2.89. The zero-order valence-corrected chi connectivity index (χ0v) is 13.2. The van der Waals surface area contributed by atoms with Crippen LogP contribution in [-0.2, 0) is 5.41 Å². The van der Waals surface area contributed by atoms with Gasteiger partial charge >= 0.3 is 0 Å². The van der Waals surface area contributed by atoms with Gasteiger partial charge in [-0.1, -0.05) is 18.2 Å². The van der Waals surface area contributed by atoms with E-state index in [-0.39, 0.29) is 11.2 Å². The maximum atomic E-state index is 14.1. The largest absolute Gasteiger partial charge is 0.368 e. The highest BCUT2D eigenvalue weighted by Crippen LogP contribution is 2.49. The van der Waals surface area contributed by atoms with E-state index in [1.54, 1.807) is 12.1 Å². The molecule has 0 unspecified atom stereocenters. The van der Waals surface area contributed by atoms with Gasteiger partial charge in [-0.05, 0) is 49.4 Å². The Morgan fingerprint density at radius 2 is 1.96 bits per heavy atom. The summed E-state index contributed by atoms with van der Waals surface area (Å²) in [7, 11) is 0. The fraction of sp³-hybridized carbons (Fsp3) is 0.389. The quantitative estimate of drug-likeness (QED) is 0.783. The van der Waals surface area contributed by atoms with Crippen LogP contribution in [0.1, 0.15) is 43.0 Å². The minimum absolute atomic E-state index is 0.103. The van der Waals surface area contributed by atoms with Gasteiger partial charge in [0.2, 0.25) is 0 Å². The molecular weight excluding hydrogens is 305 g/mol. The molecule has 1 aromatic carbocycles. The molecule has 6 heteroatoms. The predicted octanol–water partition coefficient (Wildman–Crippen LogP) is 3.28. The first-order chi connectivity index (χ1) is 11.8. The molecule has 2 fully saturated rings. The van der Waals surface area contributed by atoms with Crippen LogP contribution < -0.4 is 5.32 Å². The molecule has 2 saturated carbocycles. The summed E-state index contributed by atoms with van der Waals surface area (Å²) in [6.07, 6.45) is 4.33. The van der Waals surface area contributed by atoms with Crippen molar-refractivity contribution in [2.45, 2.75) is 37.0 Å². The maximum absolute atomic E-state index is 14.1. The number of hydrogen-bond acceptors (Lipinski definition) is 4. The lowest BCUT2D eigenvalue weighted by atomic mass is 9.95. The van der Waals surface area contributed by atoms with E-state index < -0.39 is 0 Å². The Bertz CT molecular complexity index is 911. The summed E-state index contributed by atoms with van der Waals surface area (Å²) < 4.78 is 15.9. The highest BCUT2D eigenvalue weighted by Gasteiger charge is 2.45. The monoisotopic (exact) mass is 323 g/mol. The van der Waals surface area contributed by atoms with Crippen molar-refractivity contribution in [1.82, 2.24) is 19.8 Å². The molecule has 0 atom stereocenters. The number of rotatable bonds is 5. The summed E-state index contributed by atoms with van der Waals surface area (Å²) >= 11 is 0. The fourth-order valence-corrected chi connectivity index (χ4v) is 3.34. The van der Waals surface area contributed by atoms with Gasteiger partial charge in [-0.25, -0.2) is 4.39 Å². The fourth-order valence-electron chi connectivity index (χ4n) is 3.34. The topological polar surface area (TPSA) is 55.1 Å². The number of anilines is 1. The van der Waals surface area contributed by atoms with Crippen molar-refractivity contribution < 1.29 is 4.39 Å². The summed E-state index contributed by atoms with van der Waals surface area (Å²) in [6.45, 7) is 0.688. The zero-order valence-electron chi connectivity index (χ0n) is 13.2. The van der Waals surface area contributed by atoms with Crippen LogP contribution in [0.15, 0.2) is 36.4 Å². The SMILES string of the molecule is Fc1ccccc1C1(CNc2ccc3nnc(C4CC4)n3n2)CC1. The maximum Gasteiger partial charge on any atom is 0.178 e. The third kappa shape index (κ3) is 2.25. The highest BCUT2D eigenvalue weighted by atomic mass is 19.1. The van der Waals surface area contributed by atoms with Crippen LogP contribution in [0.25, 0.3) is 5.65 Å². The molecule has 2 aliphatic carbocycles. The van der Waals surface area contributed by atoms with E-state index in [2.05, 4.69) is 20.6 Å². The number of nitrogens with one attached hydrogen (secondary N) is 1. The van der Waals surface area contributed by atoms with E-state index in [9.17, 15) is 4.39 Å². The zero-order chi connectivity index (χ0) is 16.1. The lowest BCUT2D eigenvalue weighted by Gasteiger charge is -2.17. The molecule has 122 valence electrons. The minimum atomic E-state index is -0.116. The molecule has 2 aliphatic rings. The molecular formula is C18H18FN5. The number of benzene rings is 1. The number of fused-ring (bicyclic) bond motifs is 1. The van der Waals surface area contributed by atoms with Gasteiger partial charge in [0, 0.05) is 17.9 Å². The lowest BCUT2D eigenvalue weighted by molar-refractivity contribution is 0.578. The van der Waals surface area contributed by atoms with Crippen LogP contribution in [0.2, 0.25) is 0 Å². The van der Waals surface area contributed by atoms with Crippen LogP contribution in [0.5, 0.6) is 0 Å². The minimum Gasteiger partial charge on any atom is -0.368 e. The smallest absolute Gasteiger partial charge is 0.178 e. The Balaban J connectivity index is 1.39. The summed E-state index contributed by atoms with van der Waals surface area (Å²) in [5.41, 5.74) is 1.48. The van der Waals surface area contributed by atoms with Crippen LogP contribution in [-0.4, -0.2) is 26.4 Å². The summed E-state index contributed by atoms with van der Waals surface area (Å²) in [5.74, 6) is 2.11. The normalized spacial score (nSPS) is 18.7. The first-order valence-electron chi connectivity index (χ1n) is 8.46. The molecule has 1 N–H and O–H groups in total. The molecule has 0 aliphatic heterocycles. The summed E-state index contributed by atoms with van der Waals surface area (Å²) in [4.78, 5) is 0. The van der Waals surface area contributed by atoms with Crippen molar-refractivity contribution in [2.24, 2.45) is 0 Å². The first-order valence-corrected chi connectivity index (χ1v) is 8.46. The second-order valence-electron chi connectivity index (χ2n) is 6.93. The van der Waals surface area contributed by atoms with Crippen molar-refractivity contribution in [2.75, 3.05) is 11.9 Å². The van der Waals surface area contributed by atoms with Crippen LogP contribution in [0, 0.1) is 5.82 Å². The van der Waals surface area contributed by atoms with E-state index in [0.717, 1.165) is 48.5 Å². The van der Waals surface area contributed by atoms with E-state index in [4.69, 9.17) is 0 Å². The van der Waals surface area contributed by atoms with Gasteiger partial charge in [-0.3, -0.25) is 0 Å². The molecule has 5 nitrogen and oxygen atoms in total. The Labute approximate surface area is 138 Å². The van der Waals surface area contributed by atoms with Crippen molar-refractivity contribution in [3.63, 3.8) is 0 Å². The molecule has 0 amide bonds. The number of halogens is 1. The molecule has 0 saturated heterocycles. The molecule has 3 aromatic rings. The van der Waals surface area contributed by atoms with Gasteiger partial charge in [-0.15, -0.1) is 15.3 Å². The van der Waals surface area contributed by atoms with E-state index in [1.807, 2.05) is 28.8 Å². The number of nitrogens with zero attached hydrogens (tertiary/aromatic N) is 4. The van der Waals surface area contributed by atoms with E-state index >= 15 is 0 Å². The molecule has 2 aromatic heterocycles. The molecule has 2 heterocycles. The Morgan fingerprint density at radius 1 is 1.12 bits per heavy atom. The van der Waals surface area contributed by atoms with E-state index in [0.29, 0.717) is 12.5 Å². The Morgan fingerprint density at radius 3 is 2.71 bits per heavy atom. The van der Waals surface area contributed by atoms with Gasteiger partial charge in [0.1, 0.15) is 11.6 Å². The summed E-state index contributed by atoms with van der Waals surface area (Å²) in [5, 5.41) is 16.4. The molecule has 0 bridgehead atoms. The van der Waals surface area contributed by atoms with Crippen molar-refractivity contribution in [1.29, 1.82) is 0 Å². The molecule has 0 radical (unpaired) electrons. The molecule has 5 rings (SSSR count). The standard InChI is InChI=1S/C18H18FN5/c19-14-4-2-1-3-13(14)18(9-10-18)11-20-15-7-8-16-21-22-17(12-5-6-12)24(16)23-15/h1-4,7-8,12H,5-6,9-11H2,(H,20,23). The van der Waals surface area contributed by atoms with E-state index in [1.165, 1.54) is 0 Å². The van der Waals surface area contributed by atoms with Gasteiger partial charge in [-0.2, -0.15) is 4.52 Å². The van der Waals surface area contributed by atoms with Gasteiger partial charge < -0.3 is 5.32 Å². The van der Waals surface area contributed by atoms with Crippen molar-refractivity contribution in [3.05, 3.63) is 53.6 Å². The van der Waals surface area contributed by atoms with Crippen molar-refractivity contribution in [3.8, 4) is 0 Å². The lowest BCUT2D eigenvalue weighted by Crippen LogP contribution is -2.21. The first kappa shape index (κ1) is 13.9. The Hall–Kier alpha value is -2.50. The number of aromatic nitrogens is 4. The average molecular weight is 323 g/mol. The van der Waals surface area contributed by atoms with Gasteiger partial charge in [0.25, 0.3) is 0 Å². The van der Waals surface area contributed by atoms with Crippen LogP contribution in [0.4, 0.5) is 10.2 Å². The highest BCUT2D eigenvalue weighted by molar-refractivity contribution is 5.46. The summed E-state index contributed by atoms with van der Waals surface area (Å²) in [6, 6.07) is 10.9. The predicted molar refractivity (Wildman–Crippen MR) is 88.6 cm³/mol. The molecule has 24 heavy (non-hydrogen) atoms. The average Bonchev–Trinajstić information content (AvgIpc) is 3.53.